The molecule has 1 rings (SSSR count). The number of halogens is 1. The Morgan fingerprint density at radius 1 is 1.44 bits per heavy atom. The summed E-state index contributed by atoms with van der Waals surface area (Å²) in [6.07, 6.45) is 1.20. The first-order valence-electron chi connectivity index (χ1n) is 5.91. The fourth-order valence-electron chi connectivity index (χ4n) is 1.70. The Morgan fingerprint density at radius 2 is 2.06 bits per heavy atom. The second-order valence-electron chi connectivity index (χ2n) is 5.51. The number of rotatable bonds is 4. The number of benzene rings is 1. The zero-order chi connectivity index (χ0) is 13.9. The molecule has 1 aromatic rings. The molecule has 0 bridgehead atoms. The molecule has 0 radical (unpaired) electrons. The number of nitro benzene ring substituents is 1. The molecule has 1 aromatic carbocycles. The fraction of sp³-hybridized carbons (Fsp3) is 0.538. The molecular formula is C13H19ClN2O2. The molecule has 5 heteroatoms. The van der Waals surface area contributed by atoms with E-state index in [0.29, 0.717) is 23.4 Å². The second-order valence-corrected chi connectivity index (χ2v) is 5.91. The molecule has 0 amide bonds. The van der Waals surface area contributed by atoms with Crippen molar-refractivity contribution in [2.45, 2.75) is 39.7 Å². The van der Waals surface area contributed by atoms with E-state index < -0.39 is 4.92 Å². The predicted octanol–water partition coefficient (Wildman–Crippen LogP) is 3.55. The van der Waals surface area contributed by atoms with Crippen LogP contribution in [0.1, 0.15) is 32.8 Å². The lowest BCUT2D eigenvalue weighted by molar-refractivity contribution is -0.385. The van der Waals surface area contributed by atoms with Gasteiger partial charge in [-0.2, -0.15) is 0 Å². The minimum atomic E-state index is -0.399. The van der Waals surface area contributed by atoms with E-state index in [1.165, 1.54) is 6.07 Å². The Bertz CT molecular complexity index is 441. The first-order chi connectivity index (χ1) is 8.23. The zero-order valence-electron chi connectivity index (χ0n) is 10.9. The first-order valence-corrected chi connectivity index (χ1v) is 6.28. The number of nitro groups is 1. The molecular weight excluding hydrogens is 252 g/mol. The van der Waals surface area contributed by atoms with E-state index in [4.69, 9.17) is 17.3 Å². The van der Waals surface area contributed by atoms with Gasteiger partial charge in [-0.05, 0) is 24.3 Å². The predicted molar refractivity (Wildman–Crippen MR) is 73.9 cm³/mol. The lowest BCUT2D eigenvalue weighted by Crippen LogP contribution is -2.35. The van der Waals surface area contributed by atoms with Crippen molar-refractivity contribution < 1.29 is 4.92 Å². The Labute approximate surface area is 112 Å². The second kappa shape index (κ2) is 5.67. The molecule has 0 fully saturated rings. The van der Waals surface area contributed by atoms with E-state index in [0.717, 1.165) is 0 Å². The van der Waals surface area contributed by atoms with Crippen molar-refractivity contribution in [3.8, 4) is 0 Å². The van der Waals surface area contributed by atoms with Gasteiger partial charge in [0.1, 0.15) is 0 Å². The largest absolute Gasteiger partial charge is 0.327 e. The van der Waals surface area contributed by atoms with Crippen molar-refractivity contribution >= 4 is 17.3 Å². The van der Waals surface area contributed by atoms with Crippen molar-refractivity contribution in [3.63, 3.8) is 0 Å². The van der Waals surface area contributed by atoms with Crippen molar-refractivity contribution in [1.29, 1.82) is 0 Å². The minimum absolute atomic E-state index is 0.0178. The summed E-state index contributed by atoms with van der Waals surface area (Å²) in [6, 6.07) is 4.72. The van der Waals surface area contributed by atoms with Gasteiger partial charge in [-0.25, -0.2) is 0 Å². The molecule has 100 valence electrons. The Hall–Kier alpha value is -1.13. The standard InChI is InChI=1S/C13H19ClN2O2/c1-13(2,3)12(15)8-7-9-10(14)5-4-6-11(9)16(17)18/h4-6,12H,7-8,15H2,1-3H3. The highest BCUT2D eigenvalue weighted by Gasteiger charge is 2.23. The Balaban J connectivity index is 2.88. The van der Waals surface area contributed by atoms with Crippen LogP contribution in [0.5, 0.6) is 0 Å². The van der Waals surface area contributed by atoms with E-state index in [1.807, 2.05) is 0 Å². The molecule has 4 nitrogen and oxygen atoms in total. The summed E-state index contributed by atoms with van der Waals surface area (Å²) >= 11 is 6.03. The van der Waals surface area contributed by atoms with E-state index in [1.54, 1.807) is 12.1 Å². The smallest absolute Gasteiger partial charge is 0.274 e. The van der Waals surface area contributed by atoms with Crippen LogP contribution in [-0.4, -0.2) is 11.0 Å². The third kappa shape index (κ3) is 3.68. The number of nitrogens with zero attached hydrogens (tertiary/aromatic N) is 1. The molecule has 0 aliphatic carbocycles. The topological polar surface area (TPSA) is 69.2 Å². The van der Waals surface area contributed by atoms with Gasteiger partial charge in [-0.1, -0.05) is 38.4 Å². The van der Waals surface area contributed by atoms with Crippen LogP contribution in [0.15, 0.2) is 18.2 Å². The molecule has 0 saturated heterocycles. The van der Waals surface area contributed by atoms with Gasteiger partial charge < -0.3 is 5.73 Å². The van der Waals surface area contributed by atoms with E-state index in [9.17, 15) is 10.1 Å². The van der Waals surface area contributed by atoms with Crippen LogP contribution in [0, 0.1) is 15.5 Å². The summed E-state index contributed by atoms with van der Waals surface area (Å²) in [5.41, 5.74) is 6.69. The Morgan fingerprint density at radius 3 is 2.56 bits per heavy atom. The molecule has 0 saturated carbocycles. The molecule has 0 aliphatic heterocycles. The average Bonchev–Trinajstić information content (AvgIpc) is 2.25. The van der Waals surface area contributed by atoms with Crippen molar-refractivity contribution in [3.05, 3.63) is 38.9 Å². The number of hydrogen-bond acceptors (Lipinski definition) is 3. The van der Waals surface area contributed by atoms with Crippen LogP contribution in [-0.2, 0) is 6.42 Å². The van der Waals surface area contributed by atoms with Crippen LogP contribution in [0.3, 0.4) is 0 Å². The number of hydrogen-bond donors (Lipinski definition) is 1. The first kappa shape index (κ1) is 14.9. The van der Waals surface area contributed by atoms with Crippen molar-refractivity contribution in [2.24, 2.45) is 11.1 Å². The summed E-state index contributed by atoms with van der Waals surface area (Å²) in [6.45, 7) is 6.16. The van der Waals surface area contributed by atoms with Crippen LogP contribution in [0.2, 0.25) is 5.02 Å². The van der Waals surface area contributed by atoms with Crippen LogP contribution < -0.4 is 5.73 Å². The highest BCUT2D eigenvalue weighted by molar-refractivity contribution is 6.31. The Kier molecular flexibility index (Phi) is 4.71. The van der Waals surface area contributed by atoms with Gasteiger partial charge in [0, 0.05) is 17.7 Å². The maximum Gasteiger partial charge on any atom is 0.274 e. The van der Waals surface area contributed by atoms with Gasteiger partial charge in [0.05, 0.1) is 9.95 Å². The lowest BCUT2D eigenvalue weighted by Gasteiger charge is -2.27. The van der Waals surface area contributed by atoms with Crippen LogP contribution >= 0.6 is 11.6 Å². The summed E-state index contributed by atoms with van der Waals surface area (Å²) in [7, 11) is 0. The van der Waals surface area contributed by atoms with Gasteiger partial charge in [0.2, 0.25) is 0 Å². The van der Waals surface area contributed by atoms with E-state index in [-0.39, 0.29) is 17.1 Å². The third-order valence-corrected chi connectivity index (χ3v) is 3.46. The summed E-state index contributed by atoms with van der Waals surface area (Å²) < 4.78 is 0. The molecule has 2 N–H and O–H groups in total. The van der Waals surface area contributed by atoms with E-state index in [2.05, 4.69) is 20.8 Å². The molecule has 18 heavy (non-hydrogen) atoms. The highest BCUT2D eigenvalue weighted by atomic mass is 35.5. The zero-order valence-corrected chi connectivity index (χ0v) is 11.7. The van der Waals surface area contributed by atoms with Crippen LogP contribution in [0.4, 0.5) is 5.69 Å². The maximum atomic E-state index is 10.9. The lowest BCUT2D eigenvalue weighted by atomic mass is 9.84. The summed E-state index contributed by atoms with van der Waals surface area (Å²) in [5, 5.41) is 11.4. The third-order valence-electron chi connectivity index (χ3n) is 3.11. The summed E-state index contributed by atoms with van der Waals surface area (Å²) in [5.74, 6) is 0. The van der Waals surface area contributed by atoms with Crippen LogP contribution in [0.25, 0.3) is 0 Å². The summed E-state index contributed by atoms with van der Waals surface area (Å²) in [4.78, 5) is 10.5. The van der Waals surface area contributed by atoms with Gasteiger partial charge in [0.15, 0.2) is 0 Å². The van der Waals surface area contributed by atoms with Crippen molar-refractivity contribution in [2.75, 3.05) is 0 Å². The SMILES string of the molecule is CC(C)(C)C(N)CCc1c(Cl)cccc1[N+](=O)[O-]. The van der Waals surface area contributed by atoms with Gasteiger partial charge in [-0.15, -0.1) is 0 Å². The average molecular weight is 271 g/mol. The highest BCUT2D eigenvalue weighted by Crippen LogP contribution is 2.29. The monoisotopic (exact) mass is 270 g/mol. The molecule has 0 aromatic heterocycles. The quantitative estimate of drug-likeness (QED) is 0.672. The fourth-order valence-corrected chi connectivity index (χ4v) is 1.96. The molecule has 1 atom stereocenters. The van der Waals surface area contributed by atoms with Gasteiger partial charge in [0.25, 0.3) is 5.69 Å². The normalized spacial score (nSPS) is 13.4. The van der Waals surface area contributed by atoms with E-state index >= 15 is 0 Å². The van der Waals surface area contributed by atoms with Gasteiger partial charge >= 0.3 is 0 Å². The molecule has 0 spiro atoms. The number of nitrogens with two attached hydrogens (primary N) is 1. The maximum absolute atomic E-state index is 10.9. The molecule has 1 unspecified atom stereocenters. The molecule has 0 aliphatic rings. The van der Waals surface area contributed by atoms with Crippen molar-refractivity contribution in [1.82, 2.24) is 0 Å². The minimum Gasteiger partial charge on any atom is -0.327 e. The van der Waals surface area contributed by atoms with Gasteiger partial charge in [-0.3, -0.25) is 10.1 Å². The molecule has 0 heterocycles.